The topological polar surface area (TPSA) is 52.6 Å². The zero-order valence-electron chi connectivity index (χ0n) is 8.51. The number of carbonyl (C=O) groups excluding carboxylic acids is 2. The molecule has 0 amide bonds. The Labute approximate surface area is 92.5 Å². The van der Waals surface area contributed by atoms with Crippen molar-refractivity contribution in [3.63, 3.8) is 0 Å². The normalized spacial score (nSPS) is 16.0. The monoisotopic (exact) mass is 218 g/mol. The molecule has 0 radical (unpaired) electrons. The summed E-state index contributed by atoms with van der Waals surface area (Å²) >= 11 is 0. The quantitative estimate of drug-likeness (QED) is 0.490. The predicted octanol–water partition coefficient (Wildman–Crippen LogP) is 1.57. The third kappa shape index (κ3) is 2.11. The minimum absolute atomic E-state index is 0.185. The van der Waals surface area contributed by atoms with Gasteiger partial charge in [-0.05, 0) is 24.3 Å². The van der Waals surface area contributed by atoms with Crippen LogP contribution in [0.1, 0.15) is 20.7 Å². The highest BCUT2D eigenvalue weighted by molar-refractivity contribution is 6.03. The second kappa shape index (κ2) is 4.61. The molecule has 82 valence electrons. The van der Waals surface area contributed by atoms with Crippen molar-refractivity contribution >= 4 is 11.9 Å². The molecular formula is C12H10O4. The highest BCUT2D eigenvalue weighted by atomic mass is 16.5. The minimum atomic E-state index is -0.515. The molecule has 1 aromatic rings. The van der Waals surface area contributed by atoms with Crippen LogP contribution in [0.15, 0.2) is 36.4 Å². The van der Waals surface area contributed by atoms with Crippen LogP contribution >= 0.6 is 0 Å². The lowest BCUT2D eigenvalue weighted by molar-refractivity contribution is 0.0489. The van der Waals surface area contributed by atoms with Crippen LogP contribution in [0.5, 0.6) is 0 Å². The number of fused-ring (bicyclic) bond motifs is 1. The fraction of sp³-hybridized carbons (Fsp3) is 0.167. The molecule has 0 aromatic heterocycles. The van der Waals surface area contributed by atoms with E-state index in [0.29, 0.717) is 0 Å². The summed E-state index contributed by atoms with van der Waals surface area (Å²) in [7, 11) is 0. The molecule has 0 N–H and O–H groups in total. The maximum absolute atomic E-state index is 11.6. The number of hydrogen-bond acceptors (Lipinski definition) is 4. The molecule has 0 aliphatic carbocycles. The first-order valence-corrected chi connectivity index (χ1v) is 4.87. The van der Waals surface area contributed by atoms with Gasteiger partial charge in [-0.3, -0.25) is 0 Å². The van der Waals surface area contributed by atoms with E-state index >= 15 is 0 Å². The molecule has 1 aliphatic heterocycles. The summed E-state index contributed by atoms with van der Waals surface area (Å²) in [6.07, 6.45) is 3.28. The van der Waals surface area contributed by atoms with Crippen LogP contribution in [-0.2, 0) is 9.47 Å². The van der Waals surface area contributed by atoms with Gasteiger partial charge in [0.15, 0.2) is 0 Å². The van der Waals surface area contributed by atoms with Crippen LogP contribution in [0.2, 0.25) is 0 Å². The molecule has 0 atom stereocenters. The second-order valence-electron chi connectivity index (χ2n) is 3.21. The van der Waals surface area contributed by atoms with Gasteiger partial charge in [0.05, 0.1) is 11.1 Å². The van der Waals surface area contributed by atoms with E-state index in [1.807, 2.05) is 0 Å². The number of cyclic esters (lactones) is 2. The molecule has 1 aliphatic rings. The lowest BCUT2D eigenvalue weighted by atomic mass is 10.1. The molecular weight excluding hydrogens is 208 g/mol. The van der Waals surface area contributed by atoms with Crippen LogP contribution in [0.25, 0.3) is 0 Å². The number of carbonyl (C=O) groups is 2. The van der Waals surface area contributed by atoms with Gasteiger partial charge in [0.1, 0.15) is 13.2 Å². The fourth-order valence-electron chi connectivity index (χ4n) is 1.38. The smallest absolute Gasteiger partial charge is 0.339 e. The molecule has 4 nitrogen and oxygen atoms in total. The Kier molecular flexibility index (Phi) is 3.00. The summed E-state index contributed by atoms with van der Waals surface area (Å²) in [6, 6.07) is 6.44. The van der Waals surface area contributed by atoms with Gasteiger partial charge in [-0.15, -0.1) is 0 Å². The van der Waals surface area contributed by atoms with Crippen molar-refractivity contribution in [3.05, 3.63) is 47.5 Å². The van der Waals surface area contributed by atoms with Crippen LogP contribution in [-0.4, -0.2) is 25.2 Å². The van der Waals surface area contributed by atoms with E-state index in [9.17, 15) is 9.59 Å². The van der Waals surface area contributed by atoms with E-state index in [1.165, 1.54) is 0 Å². The first kappa shape index (κ1) is 10.4. The van der Waals surface area contributed by atoms with Crippen molar-refractivity contribution in [1.29, 1.82) is 0 Å². The molecule has 0 unspecified atom stereocenters. The van der Waals surface area contributed by atoms with E-state index in [-0.39, 0.29) is 24.3 Å². The Balaban J connectivity index is 2.40. The highest BCUT2D eigenvalue weighted by Gasteiger charge is 2.18. The van der Waals surface area contributed by atoms with E-state index < -0.39 is 11.9 Å². The Morgan fingerprint density at radius 1 is 0.812 bits per heavy atom. The molecule has 2 rings (SSSR count). The van der Waals surface area contributed by atoms with Crippen molar-refractivity contribution in [2.24, 2.45) is 0 Å². The van der Waals surface area contributed by atoms with E-state index in [4.69, 9.17) is 9.47 Å². The summed E-state index contributed by atoms with van der Waals surface area (Å²) in [6.45, 7) is 0.370. The maximum Gasteiger partial charge on any atom is 0.339 e. The zero-order chi connectivity index (χ0) is 11.4. The van der Waals surface area contributed by atoms with Gasteiger partial charge in [-0.1, -0.05) is 12.1 Å². The molecule has 16 heavy (non-hydrogen) atoms. The lowest BCUT2D eigenvalue weighted by Gasteiger charge is -2.09. The van der Waals surface area contributed by atoms with Gasteiger partial charge in [0, 0.05) is 0 Å². The van der Waals surface area contributed by atoms with Gasteiger partial charge >= 0.3 is 11.9 Å². The molecule has 1 aromatic carbocycles. The second-order valence-corrected chi connectivity index (χ2v) is 3.21. The molecule has 0 saturated heterocycles. The van der Waals surface area contributed by atoms with Gasteiger partial charge in [0.25, 0.3) is 0 Å². The molecule has 0 fully saturated rings. The first-order chi connectivity index (χ1) is 7.79. The van der Waals surface area contributed by atoms with Crippen LogP contribution < -0.4 is 0 Å². The van der Waals surface area contributed by atoms with Crippen molar-refractivity contribution in [2.45, 2.75) is 0 Å². The van der Waals surface area contributed by atoms with Crippen LogP contribution in [0.4, 0.5) is 0 Å². The van der Waals surface area contributed by atoms with Gasteiger partial charge < -0.3 is 9.47 Å². The number of benzene rings is 1. The number of hydrogen-bond donors (Lipinski definition) is 0. The van der Waals surface area contributed by atoms with E-state index in [2.05, 4.69) is 0 Å². The summed E-state index contributed by atoms with van der Waals surface area (Å²) < 4.78 is 9.92. The average molecular weight is 218 g/mol. The third-order valence-electron chi connectivity index (χ3n) is 2.15. The fourth-order valence-corrected chi connectivity index (χ4v) is 1.38. The molecule has 1 heterocycles. The van der Waals surface area contributed by atoms with Gasteiger partial charge in [-0.2, -0.15) is 0 Å². The highest BCUT2D eigenvalue weighted by Crippen LogP contribution is 2.12. The average Bonchev–Trinajstić information content (AvgIpc) is 2.32. The van der Waals surface area contributed by atoms with Crippen molar-refractivity contribution < 1.29 is 19.1 Å². The van der Waals surface area contributed by atoms with Crippen molar-refractivity contribution in [2.75, 3.05) is 13.2 Å². The summed E-state index contributed by atoms with van der Waals surface area (Å²) in [5.74, 6) is -1.03. The zero-order valence-corrected chi connectivity index (χ0v) is 8.51. The van der Waals surface area contributed by atoms with Crippen molar-refractivity contribution in [1.82, 2.24) is 0 Å². The molecule has 0 bridgehead atoms. The van der Waals surface area contributed by atoms with Crippen LogP contribution in [0.3, 0.4) is 0 Å². The first-order valence-electron chi connectivity index (χ1n) is 4.87. The Morgan fingerprint density at radius 3 is 1.69 bits per heavy atom. The number of ether oxygens (including phenoxy) is 2. The van der Waals surface area contributed by atoms with Gasteiger partial charge in [-0.25, -0.2) is 9.59 Å². The lowest BCUT2D eigenvalue weighted by Crippen LogP contribution is -2.15. The van der Waals surface area contributed by atoms with E-state index in [1.54, 1.807) is 36.4 Å². The Morgan fingerprint density at radius 2 is 1.25 bits per heavy atom. The minimum Gasteiger partial charge on any atom is -0.458 e. The Hall–Kier alpha value is -2.10. The molecule has 0 saturated carbocycles. The molecule has 0 spiro atoms. The van der Waals surface area contributed by atoms with Crippen molar-refractivity contribution in [3.8, 4) is 0 Å². The third-order valence-corrected chi connectivity index (χ3v) is 2.15. The summed E-state index contributed by atoms with van der Waals surface area (Å²) in [4.78, 5) is 23.2. The molecule has 4 heteroatoms. The van der Waals surface area contributed by atoms with Gasteiger partial charge in [0.2, 0.25) is 0 Å². The summed E-state index contributed by atoms with van der Waals surface area (Å²) in [5.41, 5.74) is 0.477. The maximum atomic E-state index is 11.6. The number of esters is 2. The summed E-state index contributed by atoms with van der Waals surface area (Å²) in [5, 5.41) is 0. The Bertz CT molecular complexity index is 407. The van der Waals surface area contributed by atoms with E-state index in [0.717, 1.165) is 0 Å². The van der Waals surface area contributed by atoms with Crippen LogP contribution in [0, 0.1) is 0 Å². The largest absolute Gasteiger partial charge is 0.458 e. The predicted molar refractivity (Wildman–Crippen MR) is 56.1 cm³/mol. The number of rotatable bonds is 0. The SMILES string of the molecule is O=C1OCC=CCOC(=O)c2ccccc21. The standard InChI is InChI=1S/C12H10O4/c13-11-9-5-1-2-6-10(9)12(14)16-8-4-3-7-15-11/h1-6H,7-8H2.